The number of carbonyl (C=O) groups excluding carboxylic acids is 2. The highest BCUT2D eigenvalue weighted by Gasteiger charge is 2.44. The van der Waals surface area contributed by atoms with Crippen molar-refractivity contribution in [2.75, 3.05) is 32.8 Å². The molecular weight excluding hydrogens is 410 g/mol. The molecule has 2 aromatic rings. The molecule has 0 spiro atoms. The zero-order valence-corrected chi connectivity index (χ0v) is 17.5. The number of carbonyl (C=O) groups is 2. The van der Waals surface area contributed by atoms with Crippen molar-refractivity contribution in [3.63, 3.8) is 0 Å². The van der Waals surface area contributed by atoms with E-state index in [9.17, 15) is 9.59 Å². The van der Waals surface area contributed by atoms with Crippen molar-refractivity contribution in [2.24, 2.45) is 0 Å². The van der Waals surface area contributed by atoms with Crippen molar-refractivity contribution >= 4 is 29.2 Å². The van der Waals surface area contributed by atoms with Gasteiger partial charge in [0.05, 0.1) is 38.3 Å². The molecule has 0 saturated heterocycles. The molecular formula is C22H20ClNO6. The van der Waals surface area contributed by atoms with E-state index in [0.717, 1.165) is 0 Å². The van der Waals surface area contributed by atoms with Gasteiger partial charge in [0.2, 0.25) is 5.91 Å². The summed E-state index contributed by atoms with van der Waals surface area (Å²) in [6, 6.07) is 10.4. The number of benzene rings is 2. The molecule has 0 fully saturated rings. The molecule has 2 aromatic carbocycles. The van der Waals surface area contributed by atoms with Gasteiger partial charge in [0.25, 0.3) is 0 Å². The van der Waals surface area contributed by atoms with Crippen molar-refractivity contribution in [3.8, 4) is 17.2 Å². The fraction of sp³-hybridized carbons (Fsp3) is 0.273. The highest BCUT2D eigenvalue weighted by Crippen LogP contribution is 2.47. The van der Waals surface area contributed by atoms with E-state index in [2.05, 4.69) is 0 Å². The summed E-state index contributed by atoms with van der Waals surface area (Å²) in [5.74, 6) is 0.305. The Kier molecular flexibility index (Phi) is 5.30. The Balaban J connectivity index is 1.87. The number of hydrogen-bond acceptors (Lipinski definition) is 6. The van der Waals surface area contributed by atoms with Gasteiger partial charge >= 0.3 is 5.97 Å². The maximum atomic E-state index is 13.2. The van der Waals surface area contributed by atoms with Crippen LogP contribution in [0.2, 0.25) is 5.02 Å². The SMILES string of the molecule is COc1cc(OC)c(C2CC(=O)N(c3cccc(Cl)c3)C3=C2C(=O)OC3)cc1OC. The van der Waals surface area contributed by atoms with Gasteiger partial charge in [-0.3, -0.25) is 9.69 Å². The molecule has 2 heterocycles. The lowest BCUT2D eigenvalue weighted by molar-refractivity contribution is -0.136. The fourth-order valence-electron chi connectivity index (χ4n) is 3.96. The average Bonchev–Trinajstić information content (AvgIpc) is 3.13. The van der Waals surface area contributed by atoms with Crippen LogP contribution in [0, 0.1) is 0 Å². The highest BCUT2D eigenvalue weighted by molar-refractivity contribution is 6.31. The number of esters is 1. The van der Waals surface area contributed by atoms with Crippen molar-refractivity contribution in [2.45, 2.75) is 12.3 Å². The largest absolute Gasteiger partial charge is 0.496 e. The monoisotopic (exact) mass is 429 g/mol. The molecule has 0 radical (unpaired) electrons. The molecule has 1 atom stereocenters. The summed E-state index contributed by atoms with van der Waals surface area (Å²) in [5, 5.41) is 0.497. The molecule has 0 N–H and O–H groups in total. The van der Waals surface area contributed by atoms with Gasteiger partial charge in [0, 0.05) is 29.0 Å². The van der Waals surface area contributed by atoms with Crippen LogP contribution >= 0.6 is 11.6 Å². The topological polar surface area (TPSA) is 74.3 Å². The quantitative estimate of drug-likeness (QED) is 0.675. The van der Waals surface area contributed by atoms with Gasteiger partial charge in [-0.15, -0.1) is 0 Å². The van der Waals surface area contributed by atoms with Gasteiger partial charge in [0.15, 0.2) is 11.5 Å². The summed E-state index contributed by atoms with van der Waals surface area (Å²) in [6.07, 6.45) is 0.0618. The summed E-state index contributed by atoms with van der Waals surface area (Å²) in [5.41, 5.74) is 2.19. The second kappa shape index (κ2) is 7.91. The van der Waals surface area contributed by atoms with Crippen LogP contribution in [-0.4, -0.2) is 39.8 Å². The second-order valence-electron chi connectivity index (χ2n) is 6.85. The van der Waals surface area contributed by atoms with E-state index in [1.807, 2.05) is 0 Å². The first-order chi connectivity index (χ1) is 14.5. The van der Waals surface area contributed by atoms with E-state index in [1.165, 1.54) is 26.2 Å². The van der Waals surface area contributed by atoms with Crippen molar-refractivity contribution in [3.05, 3.63) is 58.3 Å². The molecule has 156 valence electrons. The van der Waals surface area contributed by atoms with Gasteiger partial charge in [-0.2, -0.15) is 0 Å². The number of methoxy groups -OCH3 is 3. The molecule has 2 aliphatic heterocycles. The molecule has 30 heavy (non-hydrogen) atoms. The van der Waals surface area contributed by atoms with E-state index >= 15 is 0 Å². The maximum Gasteiger partial charge on any atom is 0.336 e. The van der Waals surface area contributed by atoms with E-state index in [0.29, 0.717) is 44.8 Å². The summed E-state index contributed by atoms with van der Waals surface area (Å²) in [6.45, 7) is 0.0124. The minimum absolute atomic E-state index is 0.0124. The van der Waals surface area contributed by atoms with Crippen LogP contribution in [0.1, 0.15) is 17.9 Å². The Morgan fingerprint density at radius 3 is 2.37 bits per heavy atom. The van der Waals surface area contributed by atoms with Crippen LogP contribution in [0.15, 0.2) is 47.7 Å². The molecule has 0 aromatic heterocycles. The predicted octanol–water partition coefficient (Wildman–Crippen LogP) is 3.70. The molecule has 8 heteroatoms. The maximum absolute atomic E-state index is 13.2. The van der Waals surface area contributed by atoms with E-state index < -0.39 is 11.9 Å². The minimum atomic E-state index is -0.535. The predicted molar refractivity (Wildman–Crippen MR) is 110 cm³/mol. The van der Waals surface area contributed by atoms with E-state index in [1.54, 1.807) is 36.4 Å². The first-order valence-electron chi connectivity index (χ1n) is 9.27. The zero-order valence-electron chi connectivity index (χ0n) is 16.7. The lowest BCUT2D eigenvalue weighted by atomic mass is 9.83. The molecule has 0 aliphatic carbocycles. The number of cyclic esters (lactones) is 1. The lowest BCUT2D eigenvalue weighted by Crippen LogP contribution is -2.37. The summed E-state index contributed by atoms with van der Waals surface area (Å²) in [7, 11) is 4.57. The first-order valence-corrected chi connectivity index (χ1v) is 9.64. The Morgan fingerprint density at radius 1 is 1.00 bits per heavy atom. The molecule has 2 aliphatic rings. The summed E-state index contributed by atoms with van der Waals surface area (Å²) >= 11 is 6.11. The van der Waals surface area contributed by atoms with Crippen molar-refractivity contribution in [1.29, 1.82) is 0 Å². The van der Waals surface area contributed by atoms with Gasteiger partial charge in [-0.25, -0.2) is 4.79 Å². The Hall–Kier alpha value is -3.19. The number of hydrogen-bond donors (Lipinski definition) is 0. The van der Waals surface area contributed by atoms with Gasteiger partial charge < -0.3 is 18.9 Å². The van der Waals surface area contributed by atoms with Gasteiger partial charge in [0.1, 0.15) is 12.4 Å². The second-order valence-corrected chi connectivity index (χ2v) is 7.29. The number of ether oxygens (including phenoxy) is 4. The fourth-order valence-corrected chi connectivity index (χ4v) is 4.14. The standard InChI is InChI=1S/C22H20ClNO6/c1-27-17-10-19(29-3)18(28-2)8-14(17)15-9-20(25)24(13-6-4-5-12(23)7-13)16-11-30-22(26)21(15)16/h4-8,10,15H,9,11H2,1-3H3. The van der Waals surface area contributed by atoms with Gasteiger partial charge in [-0.05, 0) is 24.3 Å². The van der Waals surface area contributed by atoms with Crippen molar-refractivity contribution < 1.29 is 28.5 Å². The highest BCUT2D eigenvalue weighted by atomic mass is 35.5. The molecule has 7 nitrogen and oxygen atoms in total. The summed E-state index contributed by atoms with van der Waals surface area (Å²) in [4.78, 5) is 27.4. The Morgan fingerprint density at radius 2 is 1.70 bits per heavy atom. The normalized spacial score (nSPS) is 18.3. The third kappa shape index (κ3) is 3.25. The van der Waals surface area contributed by atoms with Crippen LogP contribution in [0.4, 0.5) is 5.69 Å². The van der Waals surface area contributed by atoms with Gasteiger partial charge in [-0.1, -0.05) is 17.7 Å². The third-order valence-corrected chi connectivity index (χ3v) is 5.53. The van der Waals surface area contributed by atoms with Crippen LogP contribution < -0.4 is 19.1 Å². The number of rotatable bonds is 5. The molecule has 1 amide bonds. The average molecular weight is 430 g/mol. The minimum Gasteiger partial charge on any atom is -0.496 e. The number of anilines is 1. The van der Waals surface area contributed by atoms with Crippen LogP contribution in [0.25, 0.3) is 0 Å². The van der Waals surface area contributed by atoms with Crippen LogP contribution in [-0.2, 0) is 14.3 Å². The van der Waals surface area contributed by atoms with E-state index in [-0.39, 0.29) is 18.9 Å². The number of amides is 1. The van der Waals surface area contributed by atoms with Crippen LogP contribution in [0.3, 0.4) is 0 Å². The smallest absolute Gasteiger partial charge is 0.336 e. The number of halogens is 1. The third-order valence-electron chi connectivity index (χ3n) is 5.30. The zero-order chi connectivity index (χ0) is 21.4. The van der Waals surface area contributed by atoms with Crippen LogP contribution in [0.5, 0.6) is 17.2 Å². The molecule has 0 saturated carbocycles. The van der Waals surface area contributed by atoms with Crippen molar-refractivity contribution in [1.82, 2.24) is 0 Å². The first kappa shape index (κ1) is 20.1. The Labute approximate surface area is 178 Å². The lowest BCUT2D eigenvalue weighted by Gasteiger charge is -2.32. The number of nitrogens with zero attached hydrogens (tertiary/aromatic N) is 1. The Bertz CT molecular complexity index is 1060. The molecule has 1 unspecified atom stereocenters. The molecule has 4 rings (SSSR count). The summed E-state index contributed by atoms with van der Waals surface area (Å²) < 4.78 is 21.6. The van der Waals surface area contributed by atoms with E-state index in [4.69, 9.17) is 30.5 Å². The molecule has 0 bridgehead atoms.